The van der Waals surface area contributed by atoms with Crippen LogP contribution in [0.3, 0.4) is 0 Å². The van der Waals surface area contributed by atoms with Crippen molar-refractivity contribution in [3.8, 4) is 0 Å². The van der Waals surface area contributed by atoms with Crippen molar-refractivity contribution in [2.75, 3.05) is 0 Å². The Morgan fingerprint density at radius 3 is 3.10 bits per heavy atom. The number of fused-ring (bicyclic) bond motifs is 1. The number of hydrogen-bond donors (Lipinski definition) is 2. The number of rotatable bonds is 3. The van der Waals surface area contributed by atoms with Gasteiger partial charge in [0, 0.05) is 6.42 Å². The lowest BCUT2D eigenvalue weighted by Crippen LogP contribution is -2.48. The predicted octanol–water partition coefficient (Wildman–Crippen LogP) is 1.69. The van der Waals surface area contributed by atoms with E-state index in [2.05, 4.69) is 9.97 Å². The lowest BCUT2D eigenvalue weighted by Gasteiger charge is -2.32. The summed E-state index contributed by atoms with van der Waals surface area (Å²) in [6, 6.07) is 1.05. The number of carboxylic acids is 1. The minimum Gasteiger partial charge on any atom is -0.480 e. The van der Waals surface area contributed by atoms with Crippen LogP contribution >= 0.6 is 11.3 Å². The van der Waals surface area contributed by atoms with Crippen molar-refractivity contribution in [2.45, 2.75) is 32.4 Å². The van der Waals surface area contributed by atoms with Crippen molar-refractivity contribution in [1.29, 1.82) is 0 Å². The van der Waals surface area contributed by atoms with Crippen molar-refractivity contribution in [2.24, 2.45) is 0 Å². The molecule has 3 heterocycles. The number of nitrogens with one attached hydrogen (secondary N) is 1. The number of aryl methyl sites for hydroxylation is 1. The molecular formula is C14H15N3O3S. The number of aromatic nitrogens is 2. The van der Waals surface area contributed by atoms with Gasteiger partial charge in [0.1, 0.15) is 6.04 Å². The zero-order valence-electron chi connectivity index (χ0n) is 11.5. The van der Waals surface area contributed by atoms with Crippen LogP contribution in [0.4, 0.5) is 0 Å². The average Bonchev–Trinajstić information content (AvgIpc) is 3.12. The molecule has 1 atom stereocenters. The lowest BCUT2D eigenvalue weighted by atomic mass is 10.0. The molecule has 7 heteroatoms. The lowest BCUT2D eigenvalue weighted by molar-refractivity contribution is -0.142. The smallest absolute Gasteiger partial charge is 0.326 e. The van der Waals surface area contributed by atoms with E-state index in [1.807, 2.05) is 18.4 Å². The van der Waals surface area contributed by atoms with Crippen molar-refractivity contribution in [3.63, 3.8) is 0 Å². The van der Waals surface area contributed by atoms with Gasteiger partial charge in [-0.2, -0.15) is 0 Å². The van der Waals surface area contributed by atoms with E-state index < -0.39 is 12.0 Å². The van der Waals surface area contributed by atoms with Gasteiger partial charge < -0.3 is 15.0 Å². The number of aromatic amines is 1. The highest BCUT2D eigenvalue weighted by Gasteiger charge is 2.37. The summed E-state index contributed by atoms with van der Waals surface area (Å²) in [5, 5.41) is 11.3. The molecule has 0 aliphatic carbocycles. The highest BCUT2D eigenvalue weighted by atomic mass is 32.1. The van der Waals surface area contributed by atoms with Gasteiger partial charge in [-0.25, -0.2) is 9.78 Å². The molecular weight excluding hydrogens is 290 g/mol. The molecule has 0 saturated heterocycles. The zero-order chi connectivity index (χ0) is 15.0. The first-order valence-corrected chi connectivity index (χ1v) is 7.61. The minimum atomic E-state index is -0.994. The number of carbonyl (C=O) groups is 2. The van der Waals surface area contributed by atoms with Gasteiger partial charge in [0.15, 0.2) is 0 Å². The molecule has 2 aromatic rings. The first kappa shape index (κ1) is 13.8. The molecule has 2 N–H and O–H groups in total. The van der Waals surface area contributed by atoms with E-state index in [0.29, 0.717) is 4.88 Å². The Bertz CT molecular complexity index is 691. The number of carbonyl (C=O) groups excluding carboxylic acids is 1. The fourth-order valence-corrected chi connectivity index (χ4v) is 3.55. The van der Waals surface area contributed by atoms with Crippen LogP contribution < -0.4 is 0 Å². The minimum absolute atomic E-state index is 0.213. The third-order valence-electron chi connectivity index (χ3n) is 3.77. The van der Waals surface area contributed by atoms with Gasteiger partial charge in [-0.3, -0.25) is 4.79 Å². The Hall–Kier alpha value is -2.15. The summed E-state index contributed by atoms with van der Waals surface area (Å²) < 4.78 is 0. The normalized spacial score (nSPS) is 17.6. The van der Waals surface area contributed by atoms with Crippen LogP contribution in [0.5, 0.6) is 0 Å². The van der Waals surface area contributed by atoms with Crippen molar-refractivity contribution < 1.29 is 14.7 Å². The first-order chi connectivity index (χ1) is 10.1. The van der Waals surface area contributed by atoms with Crippen LogP contribution in [0.15, 0.2) is 17.8 Å². The van der Waals surface area contributed by atoms with E-state index in [4.69, 9.17) is 0 Å². The molecule has 2 aromatic heterocycles. The van der Waals surface area contributed by atoms with Gasteiger partial charge in [0.2, 0.25) is 0 Å². The Morgan fingerprint density at radius 2 is 2.38 bits per heavy atom. The molecule has 1 amide bonds. The number of H-pyrrole nitrogens is 1. The molecule has 6 nitrogen and oxygen atoms in total. The molecule has 3 rings (SSSR count). The zero-order valence-corrected chi connectivity index (χ0v) is 12.3. The monoisotopic (exact) mass is 305 g/mol. The van der Waals surface area contributed by atoms with Gasteiger partial charge in [-0.05, 0) is 23.4 Å². The number of nitrogens with zero attached hydrogens (tertiary/aromatic N) is 2. The molecule has 0 fully saturated rings. The fourth-order valence-electron chi connectivity index (χ4n) is 2.60. The summed E-state index contributed by atoms with van der Waals surface area (Å²) in [4.78, 5) is 33.4. The molecule has 0 saturated carbocycles. The maximum Gasteiger partial charge on any atom is 0.326 e. The van der Waals surface area contributed by atoms with E-state index in [0.717, 1.165) is 23.4 Å². The van der Waals surface area contributed by atoms with Crippen molar-refractivity contribution in [3.05, 3.63) is 39.6 Å². The summed E-state index contributed by atoms with van der Waals surface area (Å²) in [5.41, 5.74) is 2.51. The van der Waals surface area contributed by atoms with E-state index in [-0.39, 0.29) is 18.9 Å². The molecule has 21 heavy (non-hydrogen) atoms. The van der Waals surface area contributed by atoms with E-state index in [1.54, 1.807) is 6.33 Å². The van der Waals surface area contributed by atoms with Crippen LogP contribution in [0, 0.1) is 0 Å². The summed E-state index contributed by atoms with van der Waals surface area (Å²) >= 11 is 1.36. The van der Waals surface area contributed by atoms with Gasteiger partial charge in [-0.15, -0.1) is 11.3 Å². The Labute approximate surface area is 125 Å². The van der Waals surface area contributed by atoms with Gasteiger partial charge in [0.05, 0.1) is 29.1 Å². The Kier molecular flexibility index (Phi) is 3.50. The molecule has 0 aromatic carbocycles. The second-order valence-corrected chi connectivity index (χ2v) is 5.86. The third kappa shape index (κ3) is 2.33. The third-order valence-corrected chi connectivity index (χ3v) is 4.71. The summed E-state index contributed by atoms with van der Waals surface area (Å²) in [6.45, 7) is 2.24. The van der Waals surface area contributed by atoms with Gasteiger partial charge in [0.25, 0.3) is 5.91 Å². The SMILES string of the molecule is CCc1ccsc1C(=O)N1Cc2[nH]cnc2CC1C(=O)O. The molecule has 1 unspecified atom stereocenters. The van der Waals surface area contributed by atoms with E-state index >= 15 is 0 Å². The fraction of sp³-hybridized carbons (Fsp3) is 0.357. The quantitative estimate of drug-likeness (QED) is 0.903. The molecule has 0 spiro atoms. The number of aliphatic carboxylic acids is 1. The van der Waals surface area contributed by atoms with Crippen LogP contribution in [0.1, 0.15) is 33.5 Å². The number of thiophene rings is 1. The van der Waals surface area contributed by atoms with Crippen molar-refractivity contribution in [1.82, 2.24) is 14.9 Å². The topological polar surface area (TPSA) is 86.3 Å². The van der Waals surface area contributed by atoms with Crippen molar-refractivity contribution >= 4 is 23.2 Å². The van der Waals surface area contributed by atoms with E-state index in [9.17, 15) is 14.7 Å². The molecule has 0 radical (unpaired) electrons. The second-order valence-electron chi connectivity index (χ2n) is 4.95. The molecule has 0 bridgehead atoms. The van der Waals surface area contributed by atoms with E-state index in [1.165, 1.54) is 16.2 Å². The maximum absolute atomic E-state index is 12.7. The molecule has 1 aliphatic heterocycles. The Balaban J connectivity index is 1.96. The molecule has 1 aliphatic rings. The van der Waals surface area contributed by atoms with Crippen LogP contribution in [-0.2, 0) is 24.2 Å². The van der Waals surface area contributed by atoms with Gasteiger partial charge in [-0.1, -0.05) is 6.92 Å². The Morgan fingerprint density at radius 1 is 1.57 bits per heavy atom. The number of hydrogen-bond acceptors (Lipinski definition) is 4. The van der Waals surface area contributed by atoms with Gasteiger partial charge >= 0.3 is 5.97 Å². The first-order valence-electron chi connectivity index (χ1n) is 6.73. The van der Waals surface area contributed by atoms with Crippen LogP contribution in [0.25, 0.3) is 0 Å². The largest absolute Gasteiger partial charge is 0.480 e. The highest BCUT2D eigenvalue weighted by Crippen LogP contribution is 2.26. The summed E-state index contributed by atoms with van der Waals surface area (Å²) in [6.07, 6.45) is 2.54. The summed E-state index contributed by atoms with van der Waals surface area (Å²) in [5.74, 6) is -1.21. The predicted molar refractivity (Wildman–Crippen MR) is 77.3 cm³/mol. The highest BCUT2D eigenvalue weighted by molar-refractivity contribution is 7.12. The van der Waals surface area contributed by atoms with Crippen LogP contribution in [-0.4, -0.2) is 37.9 Å². The van der Waals surface area contributed by atoms with Crippen LogP contribution in [0.2, 0.25) is 0 Å². The number of carboxylic acid groups (broad SMARTS) is 1. The molecule has 110 valence electrons. The standard InChI is InChI=1S/C14H15N3O3S/c1-2-8-3-4-21-12(8)13(18)17-6-10-9(15-7-16-10)5-11(17)14(19)20/h3-4,7,11H,2,5-6H2,1H3,(H,15,16)(H,19,20). The number of amides is 1. The maximum atomic E-state index is 12.7. The average molecular weight is 305 g/mol. The second kappa shape index (κ2) is 5.33. The summed E-state index contributed by atoms with van der Waals surface area (Å²) in [7, 11) is 0. The number of imidazole rings is 1.